The zero-order chi connectivity index (χ0) is 17.8. The Balaban J connectivity index is 3.24. The molecule has 0 aliphatic rings. The van der Waals surface area contributed by atoms with Gasteiger partial charge in [0.05, 0.1) is 23.0 Å². The number of hydrogen-bond donors (Lipinski definition) is 2. The highest BCUT2D eigenvalue weighted by molar-refractivity contribution is 7.90. The second kappa shape index (κ2) is 7.56. The van der Waals surface area contributed by atoms with Crippen LogP contribution in [0, 0.1) is 5.92 Å². The van der Waals surface area contributed by atoms with Crippen molar-refractivity contribution in [1.29, 1.82) is 0 Å². The molecule has 0 aliphatic heterocycles. The van der Waals surface area contributed by atoms with E-state index in [9.17, 15) is 18.0 Å². The van der Waals surface area contributed by atoms with Crippen LogP contribution in [0.5, 0.6) is 0 Å². The molecule has 3 N–H and O–H groups in total. The number of hydrogen-bond acceptors (Lipinski definition) is 6. The van der Waals surface area contributed by atoms with E-state index in [0.29, 0.717) is 0 Å². The molecule has 2 atom stereocenters. The van der Waals surface area contributed by atoms with Crippen molar-refractivity contribution >= 4 is 27.4 Å². The van der Waals surface area contributed by atoms with Crippen molar-refractivity contribution < 1.29 is 22.7 Å². The molecule has 1 rings (SSSR count). The minimum absolute atomic E-state index is 0.0542. The minimum Gasteiger partial charge on any atom is -0.462 e. The Morgan fingerprint density at radius 1 is 1.26 bits per heavy atom. The molecule has 2 unspecified atom stereocenters. The van der Waals surface area contributed by atoms with Gasteiger partial charge >= 0.3 is 5.97 Å². The molecule has 0 aliphatic carbocycles. The summed E-state index contributed by atoms with van der Waals surface area (Å²) in [5.41, 5.74) is 5.93. The number of rotatable bonds is 6. The van der Waals surface area contributed by atoms with Gasteiger partial charge in [-0.05, 0) is 32.0 Å². The van der Waals surface area contributed by atoms with Crippen LogP contribution in [0.4, 0.5) is 5.69 Å². The second-order valence-corrected chi connectivity index (χ2v) is 7.39. The van der Waals surface area contributed by atoms with Crippen LogP contribution in [0.3, 0.4) is 0 Å². The first-order valence-electron chi connectivity index (χ1n) is 7.15. The standard InChI is InChI=1S/C15H22N2O5S/c1-5-22-15(19)11-6-12(8-13(7-11)23(4,20)21)17-14(18)9(2)10(3)16/h6-10H,5,16H2,1-4H3,(H,17,18). The zero-order valence-electron chi connectivity index (χ0n) is 13.6. The Kier molecular flexibility index (Phi) is 6.28. The number of nitrogens with one attached hydrogen (secondary N) is 1. The first kappa shape index (κ1) is 19.1. The lowest BCUT2D eigenvalue weighted by molar-refractivity contribution is -0.119. The average molecular weight is 342 g/mol. The molecule has 0 saturated heterocycles. The molecule has 1 aromatic carbocycles. The number of carbonyl (C=O) groups excluding carboxylic acids is 2. The van der Waals surface area contributed by atoms with Crippen LogP contribution in [-0.2, 0) is 19.4 Å². The van der Waals surface area contributed by atoms with Gasteiger partial charge in [0.15, 0.2) is 9.84 Å². The largest absolute Gasteiger partial charge is 0.462 e. The summed E-state index contributed by atoms with van der Waals surface area (Å²) in [6, 6.07) is 3.53. The van der Waals surface area contributed by atoms with Crippen molar-refractivity contribution in [2.75, 3.05) is 18.2 Å². The van der Waals surface area contributed by atoms with Crippen LogP contribution >= 0.6 is 0 Å². The number of anilines is 1. The number of nitrogens with two attached hydrogens (primary N) is 1. The predicted molar refractivity (Wildman–Crippen MR) is 87.0 cm³/mol. The molecule has 1 amide bonds. The molecular formula is C15H22N2O5S. The fourth-order valence-corrected chi connectivity index (χ4v) is 2.39. The van der Waals surface area contributed by atoms with E-state index in [-0.39, 0.29) is 34.7 Å². The molecule has 0 bridgehead atoms. The molecule has 0 spiro atoms. The summed E-state index contributed by atoms with van der Waals surface area (Å²) >= 11 is 0. The molecule has 7 nitrogen and oxygen atoms in total. The highest BCUT2D eigenvalue weighted by atomic mass is 32.2. The predicted octanol–water partition coefficient (Wildman–Crippen LogP) is 1.19. The van der Waals surface area contributed by atoms with E-state index < -0.39 is 21.7 Å². The van der Waals surface area contributed by atoms with Gasteiger partial charge in [0.2, 0.25) is 5.91 Å². The molecule has 0 saturated carbocycles. The van der Waals surface area contributed by atoms with E-state index in [1.54, 1.807) is 20.8 Å². The van der Waals surface area contributed by atoms with E-state index >= 15 is 0 Å². The van der Waals surface area contributed by atoms with Crippen LogP contribution in [0.2, 0.25) is 0 Å². The highest BCUT2D eigenvalue weighted by Crippen LogP contribution is 2.21. The van der Waals surface area contributed by atoms with Crippen LogP contribution in [0.25, 0.3) is 0 Å². The fraction of sp³-hybridized carbons (Fsp3) is 0.467. The lowest BCUT2D eigenvalue weighted by Crippen LogP contribution is -2.34. The number of amides is 1. The molecule has 23 heavy (non-hydrogen) atoms. The summed E-state index contributed by atoms with van der Waals surface area (Å²) < 4.78 is 28.4. The number of ether oxygens (including phenoxy) is 1. The molecule has 0 heterocycles. The Morgan fingerprint density at radius 3 is 2.35 bits per heavy atom. The molecule has 8 heteroatoms. The second-order valence-electron chi connectivity index (χ2n) is 5.38. The monoisotopic (exact) mass is 342 g/mol. The van der Waals surface area contributed by atoms with Gasteiger partial charge in [-0.25, -0.2) is 13.2 Å². The van der Waals surface area contributed by atoms with Crippen molar-refractivity contribution in [3.63, 3.8) is 0 Å². The SMILES string of the molecule is CCOC(=O)c1cc(NC(=O)C(C)C(C)N)cc(S(C)(=O)=O)c1. The average Bonchev–Trinajstić information content (AvgIpc) is 2.45. The third-order valence-corrected chi connectivity index (χ3v) is 4.41. The lowest BCUT2D eigenvalue weighted by atomic mass is 10.0. The number of esters is 1. The van der Waals surface area contributed by atoms with Gasteiger partial charge in [0.1, 0.15) is 0 Å². The van der Waals surface area contributed by atoms with E-state index in [0.717, 1.165) is 6.26 Å². The maximum absolute atomic E-state index is 12.1. The number of benzene rings is 1. The van der Waals surface area contributed by atoms with Crippen LogP contribution in [0.1, 0.15) is 31.1 Å². The van der Waals surface area contributed by atoms with Gasteiger partial charge in [0.25, 0.3) is 0 Å². The first-order valence-corrected chi connectivity index (χ1v) is 9.04. The van der Waals surface area contributed by atoms with Gasteiger partial charge in [0, 0.05) is 18.0 Å². The van der Waals surface area contributed by atoms with Gasteiger partial charge in [-0.15, -0.1) is 0 Å². The lowest BCUT2D eigenvalue weighted by Gasteiger charge is -2.16. The Labute approximate surface area is 136 Å². The third-order valence-electron chi connectivity index (χ3n) is 3.32. The van der Waals surface area contributed by atoms with Crippen molar-refractivity contribution in [2.24, 2.45) is 11.7 Å². The van der Waals surface area contributed by atoms with E-state index in [1.807, 2.05) is 0 Å². The third kappa shape index (κ3) is 5.33. The zero-order valence-corrected chi connectivity index (χ0v) is 14.4. The smallest absolute Gasteiger partial charge is 0.338 e. The Bertz CT molecular complexity index is 698. The summed E-state index contributed by atoms with van der Waals surface area (Å²) in [4.78, 5) is 23.8. The number of sulfone groups is 1. The molecule has 0 aromatic heterocycles. The maximum atomic E-state index is 12.1. The van der Waals surface area contributed by atoms with Gasteiger partial charge < -0.3 is 15.8 Å². The Hall–Kier alpha value is -1.93. The highest BCUT2D eigenvalue weighted by Gasteiger charge is 2.20. The first-order chi connectivity index (χ1) is 10.6. The van der Waals surface area contributed by atoms with E-state index in [4.69, 9.17) is 10.5 Å². The van der Waals surface area contributed by atoms with Crippen LogP contribution in [-0.4, -0.2) is 39.2 Å². The van der Waals surface area contributed by atoms with Crippen molar-refractivity contribution in [3.8, 4) is 0 Å². The molecule has 128 valence electrons. The summed E-state index contributed by atoms with van der Waals surface area (Å²) in [7, 11) is -3.55. The normalized spacial score (nSPS) is 14.0. The van der Waals surface area contributed by atoms with Crippen molar-refractivity contribution in [2.45, 2.75) is 31.7 Å². The topological polar surface area (TPSA) is 116 Å². The molecule has 1 aromatic rings. The molecular weight excluding hydrogens is 320 g/mol. The minimum atomic E-state index is -3.55. The van der Waals surface area contributed by atoms with Crippen molar-refractivity contribution in [3.05, 3.63) is 23.8 Å². The van der Waals surface area contributed by atoms with Gasteiger partial charge in [-0.2, -0.15) is 0 Å². The fourth-order valence-electron chi connectivity index (χ4n) is 1.71. The number of carbonyl (C=O) groups is 2. The van der Waals surface area contributed by atoms with Crippen LogP contribution in [0.15, 0.2) is 23.1 Å². The van der Waals surface area contributed by atoms with E-state index in [1.165, 1.54) is 18.2 Å². The maximum Gasteiger partial charge on any atom is 0.338 e. The molecule has 0 fully saturated rings. The molecule has 0 radical (unpaired) electrons. The van der Waals surface area contributed by atoms with E-state index in [2.05, 4.69) is 5.32 Å². The van der Waals surface area contributed by atoms with Gasteiger partial charge in [-0.3, -0.25) is 4.79 Å². The van der Waals surface area contributed by atoms with Gasteiger partial charge in [-0.1, -0.05) is 6.92 Å². The quantitative estimate of drug-likeness (QED) is 0.750. The summed E-state index contributed by atoms with van der Waals surface area (Å²) in [6.07, 6.45) is 1.02. The summed E-state index contributed by atoms with van der Waals surface area (Å²) in [5.74, 6) is -1.49. The van der Waals surface area contributed by atoms with Crippen molar-refractivity contribution in [1.82, 2.24) is 0 Å². The summed E-state index contributed by atoms with van der Waals surface area (Å²) in [5, 5.41) is 2.58. The van der Waals surface area contributed by atoms with Crippen LogP contribution < -0.4 is 11.1 Å². The summed E-state index contributed by atoms with van der Waals surface area (Å²) in [6.45, 7) is 5.16. The Morgan fingerprint density at radius 2 is 1.87 bits per heavy atom.